The van der Waals surface area contributed by atoms with E-state index in [1.54, 1.807) is 0 Å². The van der Waals surface area contributed by atoms with Crippen LogP contribution in [0.25, 0.3) is 0 Å². The molecule has 0 aliphatic rings. The fourth-order valence-electron chi connectivity index (χ4n) is 1.60. The molecule has 1 aromatic rings. The number of ether oxygens (including phenoxy) is 2. The van der Waals surface area contributed by atoms with Crippen molar-refractivity contribution >= 4 is 0 Å². The zero-order valence-corrected chi connectivity index (χ0v) is 10.3. The van der Waals surface area contributed by atoms with Crippen LogP contribution in [0.5, 0.6) is 11.5 Å². The lowest BCUT2D eigenvalue weighted by Gasteiger charge is -2.20. The maximum atomic E-state index is 12.8. The van der Waals surface area contributed by atoms with Crippen LogP contribution in [0, 0.1) is 0 Å². The van der Waals surface area contributed by atoms with Crippen molar-refractivity contribution in [3.63, 3.8) is 0 Å². The first kappa shape index (κ1) is 15.5. The van der Waals surface area contributed by atoms with Gasteiger partial charge in [0.1, 0.15) is 17.1 Å². The minimum Gasteiger partial charge on any atom is -0.496 e. The molecule has 0 atom stereocenters. The van der Waals surface area contributed by atoms with Gasteiger partial charge < -0.3 is 19.7 Å². The molecule has 0 amide bonds. The second-order valence-electron chi connectivity index (χ2n) is 3.92. The maximum Gasteiger partial charge on any atom is 0.420 e. The normalized spacial score (nSPS) is 12.4. The molecule has 19 heavy (non-hydrogen) atoms. The van der Waals surface area contributed by atoms with E-state index >= 15 is 0 Å². The Labute approximate surface area is 107 Å². The maximum absolute atomic E-state index is 12.8. The average Bonchev–Trinajstić information content (AvgIpc) is 2.24. The van der Waals surface area contributed by atoms with E-state index in [2.05, 4.69) is 4.74 Å². The van der Waals surface area contributed by atoms with Gasteiger partial charge >= 0.3 is 6.18 Å². The first-order chi connectivity index (χ1) is 8.58. The average molecular weight is 281 g/mol. The summed E-state index contributed by atoms with van der Waals surface area (Å²) in [5, 5.41) is 18.2. The first-order valence-corrected chi connectivity index (χ1v) is 5.14. The van der Waals surface area contributed by atoms with E-state index in [0.717, 1.165) is 19.2 Å². The van der Waals surface area contributed by atoms with E-state index in [-0.39, 0.29) is 11.3 Å². The van der Waals surface area contributed by atoms with Crippen LogP contribution in [0.1, 0.15) is 11.1 Å². The van der Waals surface area contributed by atoms with E-state index in [1.807, 2.05) is 0 Å². The topological polar surface area (TPSA) is 84.9 Å². The summed E-state index contributed by atoms with van der Waals surface area (Å²) < 4.78 is 47.7. The van der Waals surface area contributed by atoms with E-state index in [0.29, 0.717) is 0 Å². The van der Waals surface area contributed by atoms with Crippen molar-refractivity contribution in [2.75, 3.05) is 14.2 Å². The molecule has 0 radical (unpaired) electrons. The molecule has 0 fully saturated rings. The van der Waals surface area contributed by atoms with Crippen LogP contribution < -0.4 is 15.2 Å². The molecular weight excluding hydrogens is 267 g/mol. The summed E-state index contributed by atoms with van der Waals surface area (Å²) in [6, 6.07) is 1.73. The van der Waals surface area contributed by atoms with Crippen molar-refractivity contribution in [1.82, 2.24) is 0 Å². The predicted octanol–water partition coefficient (Wildman–Crippen LogP) is 0.862. The third kappa shape index (κ3) is 3.98. The van der Waals surface area contributed by atoms with Crippen LogP contribution in [0.4, 0.5) is 13.2 Å². The van der Waals surface area contributed by atoms with Gasteiger partial charge in [0, 0.05) is 12.0 Å². The molecule has 0 bridgehead atoms. The lowest BCUT2D eigenvalue weighted by molar-refractivity contribution is -0.153. The second-order valence-corrected chi connectivity index (χ2v) is 3.92. The number of alkyl halides is 3. The standard InChI is InChI=1S/C11H14F3NO4/c1-18-8-4-7(11(12,13)14)9(19-2)3-6(8)5-10(15,16)17/h3-4,16-17H,5,15H2,1-2H3. The van der Waals surface area contributed by atoms with E-state index in [1.165, 1.54) is 7.11 Å². The van der Waals surface area contributed by atoms with Gasteiger partial charge in [-0.25, -0.2) is 0 Å². The molecule has 0 unspecified atom stereocenters. The molecule has 1 aromatic carbocycles. The predicted molar refractivity (Wildman–Crippen MR) is 59.6 cm³/mol. The minimum atomic E-state index is -4.62. The Morgan fingerprint density at radius 2 is 1.63 bits per heavy atom. The molecule has 0 spiro atoms. The number of methoxy groups -OCH3 is 2. The Morgan fingerprint density at radius 1 is 1.11 bits per heavy atom. The number of benzene rings is 1. The zero-order valence-electron chi connectivity index (χ0n) is 10.3. The Kier molecular flexibility index (Phi) is 4.28. The molecule has 5 nitrogen and oxygen atoms in total. The van der Waals surface area contributed by atoms with Crippen molar-refractivity contribution < 1.29 is 32.9 Å². The Hall–Kier alpha value is -1.51. The molecule has 0 aliphatic carbocycles. The first-order valence-electron chi connectivity index (χ1n) is 5.14. The molecule has 8 heteroatoms. The van der Waals surface area contributed by atoms with Crippen LogP contribution in [0.3, 0.4) is 0 Å². The van der Waals surface area contributed by atoms with Gasteiger partial charge in [-0.1, -0.05) is 0 Å². The Morgan fingerprint density at radius 3 is 2.00 bits per heavy atom. The second kappa shape index (κ2) is 5.24. The van der Waals surface area contributed by atoms with Gasteiger partial charge in [-0.2, -0.15) is 13.2 Å². The lowest BCUT2D eigenvalue weighted by Crippen LogP contribution is -2.41. The highest BCUT2D eigenvalue weighted by Crippen LogP contribution is 2.40. The van der Waals surface area contributed by atoms with Gasteiger partial charge in [0.25, 0.3) is 0 Å². The van der Waals surface area contributed by atoms with E-state index < -0.39 is 29.8 Å². The summed E-state index contributed by atoms with van der Waals surface area (Å²) in [6.45, 7) is 0. The smallest absolute Gasteiger partial charge is 0.420 e. The number of aliphatic hydroxyl groups is 2. The number of hydrogen-bond donors (Lipinski definition) is 3. The Balaban J connectivity index is 3.36. The van der Waals surface area contributed by atoms with Gasteiger partial charge in [0.2, 0.25) is 5.91 Å². The number of hydrogen-bond acceptors (Lipinski definition) is 5. The van der Waals surface area contributed by atoms with Gasteiger partial charge in [-0.3, -0.25) is 5.73 Å². The largest absolute Gasteiger partial charge is 0.496 e. The zero-order chi connectivity index (χ0) is 14.8. The molecule has 4 N–H and O–H groups in total. The molecule has 108 valence electrons. The quantitative estimate of drug-likeness (QED) is 0.713. The van der Waals surface area contributed by atoms with E-state index in [4.69, 9.17) is 20.7 Å². The summed E-state index contributed by atoms with van der Waals surface area (Å²) in [6.07, 6.45) is -5.12. The highest BCUT2D eigenvalue weighted by Gasteiger charge is 2.36. The third-order valence-corrected chi connectivity index (χ3v) is 2.36. The fourth-order valence-corrected chi connectivity index (χ4v) is 1.60. The number of rotatable bonds is 4. The van der Waals surface area contributed by atoms with Gasteiger partial charge in [-0.15, -0.1) is 0 Å². The monoisotopic (exact) mass is 281 g/mol. The van der Waals surface area contributed by atoms with Crippen LogP contribution in [0.15, 0.2) is 12.1 Å². The summed E-state index contributed by atoms with van der Waals surface area (Å²) in [4.78, 5) is 0. The van der Waals surface area contributed by atoms with Crippen molar-refractivity contribution in [2.45, 2.75) is 18.5 Å². The highest BCUT2D eigenvalue weighted by atomic mass is 19.4. The fraction of sp³-hybridized carbons (Fsp3) is 0.455. The molecule has 0 aromatic heterocycles. The van der Waals surface area contributed by atoms with Crippen LogP contribution in [-0.4, -0.2) is 30.3 Å². The van der Waals surface area contributed by atoms with Crippen molar-refractivity contribution in [3.8, 4) is 11.5 Å². The summed E-state index contributed by atoms with van der Waals surface area (Å²) >= 11 is 0. The van der Waals surface area contributed by atoms with Crippen LogP contribution in [0.2, 0.25) is 0 Å². The molecule has 0 saturated heterocycles. The number of halogens is 3. The molecule has 0 saturated carbocycles. The Bertz CT molecular complexity index is 454. The van der Waals surface area contributed by atoms with Gasteiger partial charge in [0.05, 0.1) is 14.2 Å². The molecule has 1 rings (SSSR count). The molecule has 0 heterocycles. The van der Waals surface area contributed by atoms with E-state index in [9.17, 15) is 13.2 Å². The summed E-state index contributed by atoms with van der Waals surface area (Å²) in [5.41, 5.74) is 4.06. The highest BCUT2D eigenvalue weighted by molar-refractivity contribution is 5.48. The molecule has 0 aliphatic heterocycles. The summed E-state index contributed by atoms with van der Waals surface area (Å²) in [7, 11) is 2.24. The SMILES string of the molecule is COc1cc(C(F)(F)F)c(OC)cc1CC(N)(O)O. The van der Waals surface area contributed by atoms with Gasteiger partial charge in [0.15, 0.2) is 0 Å². The minimum absolute atomic E-state index is 0.0832. The van der Waals surface area contributed by atoms with Crippen molar-refractivity contribution in [3.05, 3.63) is 23.3 Å². The molecular formula is C11H14F3NO4. The van der Waals surface area contributed by atoms with Crippen LogP contribution in [-0.2, 0) is 12.6 Å². The van der Waals surface area contributed by atoms with Crippen LogP contribution >= 0.6 is 0 Å². The summed E-state index contributed by atoms with van der Waals surface area (Å²) in [5.74, 6) is -3.17. The van der Waals surface area contributed by atoms with Crippen molar-refractivity contribution in [2.24, 2.45) is 5.73 Å². The third-order valence-electron chi connectivity index (χ3n) is 2.36. The van der Waals surface area contributed by atoms with Crippen molar-refractivity contribution in [1.29, 1.82) is 0 Å². The number of nitrogens with two attached hydrogens (primary N) is 1. The van der Waals surface area contributed by atoms with Gasteiger partial charge in [-0.05, 0) is 12.1 Å². The lowest BCUT2D eigenvalue weighted by atomic mass is 10.0.